The first kappa shape index (κ1) is 21.4. The van der Waals surface area contributed by atoms with Gasteiger partial charge in [0.05, 0.1) is 18.5 Å². The molecule has 0 aromatic carbocycles. The van der Waals surface area contributed by atoms with Crippen molar-refractivity contribution in [2.45, 2.75) is 59.0 Å². The van der Waals surface area contributed by atoms with Crippen molar-refractivity contribution in [2.75, 3.05) is 31.7 Å². The van der Waals surface area contributed by atoms with Crippen LogP contribution in [0.25, 0.3) is 0 Å². The molecule has 0 aliphatic rings. The maximum atomic E-state index is 12.7. The second-order valence-corrected chi connectivity index (χ2v) is 6.07. The van der Waals surface area contributed by atoms with Crippen molar-refractivity contribution < 1.29 is 19.0 Å². The number of nitrogens with zero attached hydrogens (tertiary/aromatic N) is 1. The SMILES string of the molecule is CCCCC(C)(OCCC)C(=O)Nc1ccc(OCCOCC)nc1. The molecule has 1 N–H and O–H groups in total. The summed E-state index contributed by atoms with van der Waals surface area (Å²) < 4.78 is 16.5. The number of pyridine rings is 1. The molecule has 1 atom stereocenters. The van der Waals surface area contributed by atoms with E-state index in [4.69, 9.17) is 14.2 Å². The Labute approximate surface area is 151 Å². The van der Waals surface area contributed by atoms with Crippen molar-refractivity contribution >= 4 is 11.6 Å². The predicted molar refractivity (Wildman–Crippen MR) is 99.0 cm³/mol. The van der Waals surface area contributed by atoms with Gasteiger partial charge in [0.15, 0.2) is 0 Å². The summed E-state index contributed by atoms with van der Waals surface area (Å²) in [5.41, 5.74) is -0.191. The molecule has 1 aromatic rings. The van der Waals surface area contributed by atoms with Gasteiger partial charge in [0.25, 0.3) is 5.91 Å². The number of carbonyl (C=O) groups is 1. The zero-order valence-electron chi connectivity index (χ0n) is 16.0. The Balaban J connectivity index is 2.60. The predicted octanol–water partition coefficient (Wildman–Crippen LogP) is 3.81. The highest BCUT2D eigenvalue weighted by Gasteiger charge is 2.33. The monoisotopic (exact) mass is 352 g/mol. The van der Waals surface area contributed by atoms with Gasteiger partial charge < -0.3 is 19.5 Å². The molecule has 0 bridgehead atoms. The summed E-state index contributed by atoms with van der Waals surface area (Å²) in [7, 11) is 0. The number of amides is 1. The minimum absolute atomic E-state index is 0.138. The van der Waals surface area contributed by atoms with Gasteiger partial charge >= 0.3 is 0 Å². The van der Waals surface area contributed by atoms with Gasteiger partial charge in [-0.15, -0.1) is 0 Å². The second-order valence-electron chi connectivity index (χ2n) is 6.07. The van der Waals surface area contributed by atoms with Crippen LogP contribution < -0.4 is 10.1 Å². The van der Waals surface area contributed by atoms with E-state index >= 15 is 0 Å². The van der Waals surface area contributed by atoms with Crippen LogP contribution >= 0.6 is 0 Å². The van der Waals surface area contributed by atoms with E-state index in [1.807, 2.05) is 20.8 Å². The third-order valence-electron chi connectivity index (χ3n) is 3.79. The van der Waals surface area contributed by atoms with Crippen LogP contribution in [0.5, 0.6) is 5.88 Å². The van der Waals surface area contributed by atoms with Crippen molar-refractivity contribution in [3.63, 3.8) is 0 Å². The van der Waals surface area contributed by atoms with Gasteiger partial charge in [0.1, 0.15) is 12.2 Å². The van der Waals surface area contributed by atoms with E-state index in [0.717, 1.165) is 19.3 Å². The number of aromatic nitrogens is 1. The molecule has 0 radical (unpaired) electrons. The van der Waals surface area contributed by atoms with Crippen LogP contribution in [-0.2, 0) is 14.3 Å². The lowest BCUT2D eigenvalue weighted by atomic mass is 9.97. The molecule has 0 spiro atoms. The van der Waals surface area contributed by atoms with E-state index in [0.29, 0.717) is 44.4 Å². The molecule has 25 heavy (non-hydrogen) atoms. The lowest BCUT2D eigenvalue weighted by Gasteiger charge is -2.28. The van der Waals surface area contributed by atoms with Gasteiger partial charge in [-0.1, -0.05) is 26.7 Å². The zero-order chi connectivity index (χ0) is 18.5. The third kappa shape index (κ3) is 7.84. The number of carbonyl (C=O) groups excluding carboxylic acids is 1. The molecule has 0 fully saturated rings. The number of unbranched alkanes of at least 4 members (excludes halogenated alkanes) is 1. The normalized spacial score (nSPS) is 13.3. The van der Waals surface area contributed by atoms with Gasteiger partial charge in [-0.3, -0.25) is 4.79 Å². The van der Waals surface area contributed by atoms with Crippen molar-refractivity contribution in [1.82, 2.24) is 4.98 Å². The van der Waals surface area contributed by atoms with Gasteiger partial charge in [0.2, 0.25) is 5.88 Å². The van der Waals surface area contributed by atoms with Crippen LogP contribution in [0.3, 0.4) is 0 Å². The number of nitrogens with one attached hydrogen (secondary N) is 1. The summed E-state index contributed by atoms with van der Waals surface area (Å²) in [5, 5.41) is 2.90. The first-order valence-corrected chi connectivity index (χ1v) is 9.17. The minimum atomic E-state index is -0.821. The van der Waals surface area contributed by atoms with Gasteiger partial charge in [-0.2, -0.15) is 0 Å². The Kier molecular flexibility index (Phi) is 10.1. The number of hydrogen-bond donors (Lipinski definition) is 1. The van der Waals surface area contributed by atoms with Gasteiger partial charge in [0, 0.05) is 19.3 Å². The molecule has 142 valence electrons. The van der Waals surface area contributed by atoms with Crippen molar-refractivity contribution in [3.8, 4) is 5.88 Å². The van der Waals surface area contributed by atoms with Gasteiger partial charge in [-0.25, -0.2) is 4.98 Å². The van der Waals surface area contributed by atoms with E-state index < -0.39 is 5.60 Å². The third-order valence-corrected chi connectivity index (χ3v) is 3.79. The Morgan fingerprint density at radius 1 is 1.16 bits per heavy atom. The highest BCUT2D eigenvalue weighted by Crippen LogP contribution is 2.22. The van der Waals surface area contributed by atoms with Crippen LogP contribution in [0.15, 0.2) is 18.3 Å². The summed E-state index contributed by atoms with van der Waals surface area (Å²) in [6, 6.07) is 3.51. The summed E-state index contributed by atoms with van der Waals surface area (Å²) in [6.45, 7) is 10.1. The van der Waals surface area contributed by atoms with Crippen molar-refractivity contribution in [1.29, 1.82) is 0 Å². The maximum absolute atomic E-state index is 12.7. The number of rotatable bonds is 13. The smallest absolute Gasteiger partial charge is 0.256 e. The molecule has 1 heterocycles. The number of hydrogen-bond acceptors (Lipinski definition) is 5. The summed E-state index contributed by atoms with van der Waals surface area (Å²) >= 11 is 0. The fraction of sp³-hybridized carbons (Fsp3) is 0.684. The molecular weight excluding hydrogens is 320 g/mol. The number of ether oxygens (including phenoxy) is 3. The fourth-order valence-electron chi connectivity index (χ4n) is 2.25. The summed E-state index contributed by atoms with van der Waals surface area (Å²) in [5.74, 6) is 0.370. The Bertz CT molecular complexity index is 483. The molecule has 6 nitrogen and oxygen atoms in total. The van der Waals surface area contributed by atoms with Crippen LogP contribution in [0, 0.1) is 0 Å². The first-order chi connectivity index (χ1) is 12.1. The van der Waals surface area contributed by atoms with Crippen LogP contribution in [-0.4, -0.2) is 42.9 Å². The molecule has 1 amide bonds. The first-order valence-electron chi connectivity index (χ1n) is 9.17. The van der Waals surface area contributed by atoms with Crippen LogP contribution in [0.2, 0.25) is 0 Å². The topological polar surface area (TPSA) is 69.7 Å². The molecule has 1 rings (SSSR count). The Hall–Kier alpha value is -1.66. The average molecular weight is 352 g/mol. The number of anilines is 1. The van der Waals surface area contributed by atoms with E-state index in [1.165, 1.54) is 0 Å². The van der Waals surface area contributed by atoms with Crippen LogP contribution in [0.1, 0.15) is 53.4 Å². The van der Waals surface area contributed by atoms with E-state index in [2.05, 4.69) is 17.2 Å². The molecule has 1 aromatic heterocycles. The molecule has 6 heteroatoms. The minimum Gasteiger partial charge on any atom is -0.475 e. The Morgan fingerprint density at radius 3 is 2.56 bits per heavy atom. The lowest BCUT2D eigenvalue weighted by molar-refractivity contribution is -0.140. The van der Waals surface area contributed by atoms with Gasteiger partial charge in [-0.05, 0) is 32.8 Å². The maximum Gasteiger partial charge on any atom is 0.256 e. The van der Waals surface area contributed by atoms with Crippen molar-refractivity contribution in [3.05, 3.63) is 18.3 Å². The highest BCUT2D eigenvalue weighted by atomic mass is 16.5. The Morgan fingerprint density at radius 2 is 1.96 bits per heavy atom. The van der Waals surface area contributed by atoms with Crippen LogP contribution in [0.4, 0.5) is 5.69 Å². The van der Waals surface area contributed by atoms with Crippen molar-refractivity contribution in [2.24, 2.45) is 0 Å². The summed E-state index contributed by atoms with van der Waals surface area (Å²) in [6.07, 6.45) is 5.13. The average Bonchev–Trinajstić information content (AvgIpc) is 2.63. The largest absolute Gasteiger partial charge is 0.475 e. The fourth-order valence-corrected chi connectivity index (χ4v) is 2.25. The molecule has 1 unspecified atom stereocenters. The standard InChI is InChI=1S/C19H32N2O4/c1-5-8-11-19(4,25-12-6-2)18(22)21-16-9-10-17(20-15-16)24-14-13-23-7-3/h9-10,15H,5-8,11-14H2,1-4H3,(H,21,22). The van der Waals surface area contributed by atoms with E-state index in [-0.39, 0.29) is 5.91 Å². The second kappa shape index (κ2) is 11.8. The lowest BCUT2D eigenvalue weighted by Crippen LogP contribution is -2.43. The molecule has 0 aliphatic carbocycles. The zero-order valence-corrected chi connectivity index (χ0v) is 16.0. The highest BCUT2D eigenvalue weighted by molar-refractivity contribution is 5.96. The molecule has 0 saturated carbocycles. The molecular formula is C19H32N2O4. The summed E-state index contributed by atoms with van der Waals surface area (Å²) in [4.78, 5) is 16.9. The molecule has 0 saturated heterocycles. The van der Waals surface area contributed by atoms with E-state index in [1.54, 1.807) is 18.3 Å². The molecule has 0 aliphatic heterocycles. The van der Waals surface area contributed by atoms with E-state index in [9.17, 15) is 4.79 Å². The quantitative estimate of drug-likeness (QED) is 0.547.